The largest absolute Gasteiger partial charge is 0.339 e. The van der Waals surface area contributed by atoms with Crippen molar-refractivity contribution in [2.24, 2.45) is 5.41 Å². The molecule has 1 fully saturated rings. The van der Waals surface area contributed by atoms with E-state index in [9.17, 15) is 14.4 Å². The van der Waals surface area contributed by atoms with E-state index in [4.69, 9.17) is 4.84 Å². The first-order chi connectivity index (χ1) is 10.1. The molecule has 2 amide bonds. The van der Waals surface area contributed by atoms with E-state index in [0.29, 0.717) is 5.06 Å². The molecule has 0 aromatic heterocycles. The van der Waals surface area contributed by atoms with Crippen LogP contribution in [0.5, 0.6) is 0 Å². The Kier molecular flexibility index (Phi) is 3.27. The van der Waals surface area contributed by atoms with Gasteiger partial charge in [0.25, 0.3) is 11.8 Å². The molecular weight excluding hydrogens is 270 g/mol. The number of hydrogen-bond donors (Lipinski definition) is 0. The van der Waals surface area contributed by atoms with Crippen LogP contribution in [0.2, 0.25) is 0 Å². The van der Waals surface area contributed by atoms with E-state index >= 15 is 0 Å². The monoisotopic (exact) mass is 287 g/mol. The van der Waals surface area contributed by atoms with Crippen molar-refractivity contribution in [2.45, 2.75) is 39.0 Å². The summed E-state index contributed by atoms with van der Waals surface area (Å²) in [6.45, 7) is 2.01. The van der Waals surface area contributed by atoms with Gasteiger partial charge in [0.05, 0.1) is 16.5 Å². The summed E-state index contributed by atoms with van der Waals surface area (Å²) in [4.78, 5) is 41.9. The normalized spacial score (nSPS) is 19.2. The van der Waals surface area contributed by atoms with Crippen molar-refractivity contribution >= 4 is 17.8 Å². The third-order valence-electron chi connectivity index (χ3n) is 4.40. The third-order valence-corrected chi connectivity index (χ3v) is 4.40. The number of carbonyl (C=O) groups excluding carboxylic acids is 3. The molecule has 0 radical (unpaired) electrons. The lowest BCUT2D eigenvalue weighted by atomic mass is 9.66. The van der Waals surface area contributed by atoms with Crippen LogP contribution < -0.4 is 0 Å². The van der Waals surface area contributed by atoms with Gasteiger partial charge in [-0.1, -0.05) is 37.0 Å². The van der Waals surface area contributed by atoms with E-state index in [1.165, 1.54) is 0 Å². The molecule has 0 N–H and O–H groups in total. The maximum atomic E-state index is 12.4. The molecule has 3 rings (SSSR count). The second-order valence-corrected chi connectivity index (χ2v) is 5.71. The van der Waals surface area contributed by atoms with Crippen molar-refractivity contribution in [3.05, 3.63) is 35.4 Å². The molecule has 1 aliphatic carbocycles. The summed E-state index contributed by atoms with van der Waals surface area (Å²) in [6.07, 6.45) is 4.12. The Hall–Kier alpha value is -2.17. The summed E-state index contributed by atoms with van der Waals surface area (Å²) >= 11 is 0. The summed E-state index contributed by atoms with van der Waals surface area (Å²) in [6, 6.07) is 6.49. The first-order valence-electron chi connectivity index (χ1n) is 7.29. The smallest absolute Gasteiger partial charge is 0.329 e. The first-order valence-corrected chi connectivity index (χ1v) is 7.29. The van der Waals surface area contributed by atoms with Gasteiger partial charge < -0.3 is 4.84 Å². The van der Waals surface area contributed by atoms with Gasteiger partial charge >= 0.3 is 5.97 Å². The topological polar surface area (TPSA) is 63.7 Å². The highest BCUT2D eigenvalue weighted by molar-refractivity contribution is 6.20. The maximum Gasteiger partial charge on any atom is 0.339 e. The third kappa shape index (κ3) is 2.04. The Morgan fingerprint density at radius 3 is 2.19 bits per heavy atom. The van der Waals surface area contributed by atoms with E-state index < -0.39 is 23.2 Å². The number of benzene rings is 1. The predicted octanol–water partition coefficient (Wildman–Crippen LogP) is 2.71. The van der Waals surface area contributed by atoms with Gasteiger partial charge in [0, 0.05) is 0 Å². The van der Waals surface area contributed by atoms with Crippen molar-refractivity contribution in [3.8, 4) is 0 Å². The number of hydrogen-bond acceptors (Lipinski definition) is 4. The molecule has 0 spiro atoms. The SMILES string of the molecule is CCCC1(C(=O)ON2C(=O)c3ccccc3C2=O)CCC1. The molecule has 1 aromatic carbocycles. The van der Waals surface area contributed by atoms with Gasteiger partial charge in [-0.25, -0.2) is 4.79 Å². The number of imide groups is 1. The zero-order valence-corrected chi connectivity index (χ0v) is 11.9. The van der Waals surface area contributed by atoms with Gasteiger partial charge in [0.1, 0.15) is 0 Å². The average molecular weight is 287 g/mol. The van der Waals surface area contributed by atoms with Gasteiger partial charge in [-0.05, 0) is 31.4 Å². The molecule has 1 heterocycles. The van der Waals surface area contributed by atoms with E-state index in [-0.39, 0.29) is 11.1 Å². The van der Waals surface area contributed by atoms with Crippen LogP contribution in [-0.4, -0.2) is 22.8 Å². The lowest BCUT2D eigenvalue weighted by Crippen LogP contribution is -2.44. The highest BCUT2D eigenvalue weighted by atomic mass is 16.7. The molecule has 5 heteroatoms. The number of amides is 2. The van der Waals surface area contributed by atoms with Crippen LogP contribution in [0, 0.1) is 5.41 Å². The Morgan fingerprint density at radius 1 is 1.19 bits per heavy atom. The quantitative estimate of drug-likeness (QED) is 0.799. The number of hydroxylamine groups is 2. The minimum atomic E-state index is -0.560. The van der Waals surface area contributed by atoms with Gasteiger partial charge in [0.2, 0.25) is 0 Å². The van der Waals surface area contributed by atoms with Gasteiger partial charge in [-0.3, -0.25) is 9.59 Å². The Bertz CT molecular complexity index is 583. The minimum Gasteiger partial charge on any atom is -0.329 e. The van der Waals surface area contributed by atoms with Crippen LogP contribution >= 0.6 is 0 Å². The molecule has 0 unspecified atom stereocenters. The van der Waals surface area contributed by atoms with E-state index in [2.05, 4.69) is 0 Å². The fraction of sp³-hybridized carbons (Fsp3) is 0.438. The van der Waals surface area contributed by atoms with Crippen LogP contribution in [0.25, 0.3) is 0 Å². The molecule has 110 valence electrons. The summed E-state index contributed by atoms with van der Waals surface area (Å²) in [7, 11) is 0. The molecule has 0 atom stereocenters. The fourth-order valence-corrected chi connectivity index (χ4v) is 3.07. The molecule has 2 aliphatic rings. The van der Waals surface area contributed by atoms with Crippen LogP contribution in [0.1, 0.15) is 59.7 Å². The maximum absolute atomic E-state index is 12.4. The fourth-order valence-electron chi connectivity index (χ4n) is 3.07. The lowest BCUT2D eigenvalue weighted by molar-refractivity contribution is -0.187. The zero-order chi connectivity index (χ0) is 15.0. The molecule has 0 saturated heterocycles. The summed E-state index contributed by atoms with van der Waals surface area (Å²) in [5.74, 6) is -1.57. The number of rotatable bonds is 4. The Labute approximate surface area is 122 Å². The summed E-state index contributed by atoms with van der Waals surface area (Å²) in [5, 5.41) is 0.614. The minimum absolute atomic E-state index is 0.286. The summed E-state index contributed by atoms with van der Waals surface area (Å²) in [5.41, 5.74) is 0.0614. The van der Waals surface area contributed by atoms with E-state index in [0.717, 1.165) is 32.1 Å². The predicted molar refractivity (Wildman–Crippen MR) is 74.2 cm³/mol. The van der Waals surface area contributed by atoms with Crippen molar-refractivity contribution in [3.63, 3.8) is 0 Å². The van der Waals surface area contributed by atoms with Crippen molar-refractivity contribution < 1.29 is 19.2 Å². The zero-order valence-electron chi connectivity index (χ0n) is 11.9. The Morgan fingerprint density at radius 2 is 1.76 bits per heavy atom. The molecule has 1 saturated carbocycles. The second kappa shape index (κ2) is 4.98. The number of nitrogens with zero attached hydrogens (tertiary/aromatic N) is 1. The first kappa shape index (κ1) is 13.8. The number of fused-ring (bicyclic) bond motifs is 1. The average Bonchev–Trinajstić information content (AvgIpc) is 2.68. The van der Waals surface area contributed by atoms with Crippen molar-refractivity contribution in [1.82, 2.24) is 5.06 Å². The Balaban J connectivity index is 1.79. The second-order valence-electron chi connectivity index (χ2n) is 5.71. The molecule has 0 bridgehead atoms. The van der Waals surface area contributed by atoms with Crippen molar-refractivity contribution in [2.75, 3.05) is 0 Å². The number of carbonyl (C=O) groups is 3. The van der Waals surface area contributed by atoms with Crippen LogP contribution in [-0.2, 0) is 9.63 Å². The van der Waals surface area contributed by atoms with Crippen LogP contribution in [0.4, 0.5) is 0 Å². The van der Waals surface area contributed by atoms with Crippen molar-refractivity contribution in [1.29, 1.82) is 0 Å². The highest BCUT2D eigenvalue weighted by Crippen LogP contribution is 2.46. The van der Waals surface area contributed by atoms with E-state index in [1.54, 1.807) is 24.3 Å². The lowest BCUT2D eigenvalue weighted by Gasteiger charge is -2.39. The molecule has 21 heavy (non-hydrogen) atoms. The molecule has 5 nitrogen and oxygen atoms in total. The molecular formula is C16H17NO4. The van der Waals surface area contributed by atoms with Gasteiger partial charge in [0.15, 0.2) is 0 Å². The van der Waals surface area contributed by atoms with Gasteiger partial charge in [-0.15, -0.1) is 0 Å². The summed E-state index contributed by atoms with van der Waals surface area (Å²) < 4.78 is 0. The standard InChI is InChI=1S/C16H17NO4/c1-2-8-16(9-5-10-16)15(20)21-17-13(18)11-6-3-4-7-12(11)14(17)19/h3-4,6-7H,2,5,8-10H2,1H3. The van der Waals surface area contributed by atoms with Crippen LogP contribution in [0.15, 0.2) is 24.3 Å². The van der Waals surface area contributed by atoms with Gasteiger partial charge in [-0.2, -0.15) is 0 Å². The van der Waals surface area contributed by atoms with Crippen LogP contribution in [0.3, 0.4) is 0 Å². The van der Waals surface area contributed by atoms with E-state index in [1.807, 2.05) is 6.92 Å². The molecule has 1 aromatic rings. The molecule has 1 aliphatic heterocycles. The highest BCUT2D eigenvalue weighted by Gasteiger charge is 2.48.